The number of anilines is 2. The number of alkyl carbamates (subject to hydrolysis) is 1. The molecule has 0 saturated heterocycles. The summed E-state index contributed by atoms with van der Waals surface area (Å²) < 4.78 is 4.69. The SMILES string of the molecule is CCOC(=O)NC(=O)c1ccsc1NC(=O)C1Nc2c(ccnc2C)S1. The molecule has 1 unspecified atom stereocenters. The van der Waals surface area contributed by atoms with E-state index >= 15 is 0 Å². The molecule has 2 aromatic rings. The molecule has 3 heterocycles. The number of pyridine rings is 1. The topological polar surface area (TPSA) is 109 Å². The van der Waals surface area contributed by atoms with Crippen molar-refractivity contribution in [3.05, 3.63) is 35.0 Å². The summed E-state index contributed by atoms with van der Waals surface area (Å²) in [5, 5.41) is 9.48. The van der Waals surface area contributed by atoms with E-state index in [0.29, 0.717) is 5.00 Å². The van der Waals surface area contributed by atoms with Crippen LogP contribution in [-0.4, -0.2) is 34.9 Å². The molecule has 3 N–H and O–H groups in total. The molecule has 0 radical (unpaired) electrons. The van der Waals surface area contributed by atoms with Crippen LogP contribution >= 0.6 is 23.1 Å². The number of aryl methyl sites for hydroxylation is 1. The number of carbonyl (C=O) groups is 3. The van der Waals surface area contributed by atoms with Crippen LogP contribution in [0.3, 0.4) is 0 Å². The Kier molecular flexibility index (Phi) is 5.43. The minimum Gasteiger partial charge on any atom is -0.450 e. The molecule has 0 fully saturated rings. The number of ether oxygens (including phenoxy) is 1. The third-order valence-electron chi connectivity index (χ3n) is 3.50. The van der Waals surface area contributed by atoms with Gasteiger partial charge in [0.05, 0.1) is 23.6 Å². The fourth-order valence-corrected chi connectivity index (χ4v) is 4.16. The number of aromatic nitrogens is 1. The molecule has 0 aliphatic carbocycles. The maximum Gasteiger partial charge on any atom is 0.414 e. The predicted molar refractivity (Wildman–Crippen MR) is 99.7 cm³/mol. The van der Waals surface area contributed by atoms with Crippen molar-refractivity contribution < 1.29 is 19.1 Å². The molecule has 0 aromatic carbocycles. The highest BCUT2D eigenvalue weighted by atomic mass is 32.2. The first kappa shape index (κ1) is 18.2. The Morgan fingerprint density at radius 1 is 1.35 bits per heavy atom. The molecule has 10 heteroatoms. The number of imide groups is 1. The van der Waals surface area contributed by atoms with Gasteiger partial charge < -0.3 is 15.4 Å². The standard InChI is InChI=1S/C16H16N4O4S2/c1-3-24-16(23)20-12(21)9-5-7-25-14(9)19-13(22)15-18-11-8(2)17-6-4-10(11)26-15/h4-7,15,18H,3H2,1-2H3,(H,19,22)(H,20,21,23). The summed E-state index contributed by atoms with van der Waals surface area (Å²) in [4.78, 5) is 41.3. The minimum absolute atomic E-state index is 0.158. The number of nitrogens with one attached hydrogen (secondary N) is 3. The van der Waals surface area contributed by atoms with Gasteiger partial charge in [-0.3, -0.25) is 19.9 Å². The fourth-order valence-electron chi connectivity index (χ4n) is 2.31. The molecular weight excluding hydrogens is 376 g/mol. The van der Waals surface area contributed by atoms with Crippen molar-refractivity contribution in [2.45, 2.75) is 24.1 Å². The zero-order chi connectivity index (χ0) is 18.7. The van der Waals surface area contributed by atoms with Crippen molar-refractivity contribution in [2.75, 3.05) is 17.2 Å². The number of thiophene rings is 1. The van der Waals surface area contributed by atoms with E-state index in [1.54, 1.807) is 18.5 Å². The van der Waals surface area contributed by atoms with E-state index in [-0.39, 0.29) is 18.1 Å². The summed E-state index contributed by atoms with van der Waals surface area (Å²) in [6, 6.07) is 3.38. The van der Waals surface area contributed by atoms with E-state index in [1.165, 1.54) is 29.2 Å². The lowest BCUT2D eigenvalue weighted by molar-refractivity contribution is -0.115. The van der Waals surface area contributed by atoms with Crippen molar-refractivity contribution >= 4 is 51.7 Å². The number of carbonyl (C=O) groups excluding carboxylic acids is 3. The number of nitrogens with zero attached hydrogens (tertiary/aromatic N) is 1. The second-order valence-electron chi connectivity index (χ2n) is 5.24. The van der Waals surface area contributed by atoms with Crippen LogP contribution in [0.4, 0.5) is 15.5 Å². The predicted octanol–water partition coefficient (Wildman–Crippen LogP) is 2.82. The summed E-state index contributed by atoms with van der Waals surface area (Å²) in [5.41, 5.74) is 1.86. The van der Waals surface area contributed by atoms with Gasteiger partial charge in [-0.25, -0.2) is 4.79 Å². The first-order valence-corrected chi connectivity index (χ1v) is 9.50. The molecule has 0 bridgehead atoms. The van der Waals surface area contributed by atoms with Gasteiger partial charge in [0.2, 0.25) is 0 Å². The average molecular weight is 392 g/mol. The molecule has 1 atom stereocenters. The second kappa shape index (κ2) is 7.75. The molecule has 8 nitrogen and oxygen atoms in total. The van der Waals surface area contributed by atoms with Crippen LogP contribution in [0, 0.1) is 6.92 Å². The lowest BCUT2D eigenvalue weighted by atomic mass is 10.3. The van der Waals surface area contributed by atoms with E-state index in [1.807, 2.05) is 13.0 Å². The van der Waals surface area contributed by atoms with Crippen LogP contribution < -0.4 is 16.0 Å². The second-order valence-corrected chi connectivity index (χ2v) is 7.30. The molecule has 1 aliphatic rings. The quantitative estimate of drug-likeness (QED) is 0.734. The average Bonchev–Trinajstić information content (AvgIpc) is 3.22. The van der Waals surface area contributed by atoms with Gasteiger partial charge >= 0.3 is 6.09 Å². The Hall–Kier alpha value is -2.59. The van der Waals surface area contributed by atoms with E-state index in [4.69, 9.17) is 0 Å². The molecule has 0 saturated carbocycles. The Morgan fingerprint density at radius 2 is 2.15 bits per heavy atom. The number of thioether (sulfide) groups is 1. The zero-order valence-electron chi connectivity index (χ0n) is 14.0. The van der Waals surface area contributed by atoms with Gasteiger partial charge in [-0.15, -0.1) is 11.3 Å². The van der Waals surface area contributed by atoms with Crippen molar-refractivity contribution in [3.63, 3.8) is 0 Å². The van der Waals surface area contributed by atoms with Gasteiger partial charge in [-0.2, -0.15) is 0 Å². The van der Waals surface area contributed by atoms with Crippen LogP contribution in [0.1, 0.15) is 23.0 Å². The monoisotopic (exact) mass is 392 g/mol. The molecule has 1 aliphatic heterocycles. The van der Waals surface area contributed by atoms with Crippen LogP contribution in [-0.2, 0) is 9.53 Å². The maximum atomic E-state index is 12.6. The molecule has 26 heavy (non-hydrogen) atoms. The Labute approximate surface area is 157 Å². The molecule has 2 aromatic heterocycles. The number of rotatable bonds is 4. The van der Waals surface area contributed by atoms with Crippen molar-refractivity contribution in [1.29, 1.82) is 0 Å². The third-order valence-corrected chi connectivity index (χ3v) is 5.49. The van der Waals surface area contributed by atoms with Crippen molar-refractivity contribution in [1.82, 2.24) is 10.3 Å². The van der Waals surface area contributed by atoms with Crippen LogP contribution in [0.5, 0.6) is 0 Å². The summed E-state index contributed by atoms with van der Waals surface area (Å²) in [7, 11) is 0. The molecule has 136 valence electrons. The Bertz CT molecular complexity index is 868. The van der Waals surface area contributed by atoms with Gasteiger partial charge in [0, 0.05) is 11.1 Å². The van der Waals surface area contributed by atoms with Crippen molar-refractivity contribution in [3.8, 4) is 0 Å². The normalized spacial score (nSPS) is 14.9. The van der Waals surface area contributed by atoms with Gasteiger partial charge in [-0.05, 0) is 31.4 Å². The van der Waals surface area contributed by atoms with Crippen LogP contribution in [0.15, 0.2) is 28.6 Å². The van der Waals surface area contributed by atoms with Crippen LogP contribution in [0.25, 0.3) is 0 Å². The first-order chi connectivity index (χ1) is 12.5. The lowest BCUT2D eigenvalue weighted by Crippen LogP contribution is -2.33. The van der Waals surface area contributed by atoms with Crippen LogP contribution in [0.2, 0.25) is 0 Å². The lowest BCUT2D eigenvalue weighted by Gasteiger charge is -2.11. The number of fused-ring (bicyclic) bond motifs is 1. The molecular formula is C16H16N4O4S2. The van der Waals surface area contributed by atoms with E-state index in [2.05, 4.69) is 25.7 Å². The number of amides is 3. The van der Waals surface area contributed by atoms with Gasteiger partial charge in [0.1, 0.15) is 5.00 Å². The number of hydrogen-bond donors (Lipinski definition) is 3. The molecule has 3 rings (SSSR count). The Balaban J connectivity index is 1.66. The van der Waals surface area contributed by atoms with Gasteiger partial charge in [-0.1, -0.05) is 11.8 Å². The summed E-state index contributed by atoms with van der Waals surface area (Å²) in [6.07, 6.45) is 0.868. The molecule has 3 amide bonds. The fraction of sp³-hybridized carbons (Fsp3) is 0.250. The largest absolute Gasteiger partial charge is 0.450 e. The minimum atomic E-state index is -0.826. The first-order valence-electron chi connectivity index (χ1n) is 7.75. The number of hydrogen-bond acceptors (Lipinski definition) is 8. The summed E-state index contributed by atoms with van der Waals surface area (Å²) >= 11 is 2.58. The smallest absolute Gasteiger partial charge is 0.414 e. The summed E-state index contributed by atoms with van der Waals surface area (Å²) in [5.74, 6) is -0.923. The highest BCUT2D eigenvalue weighted by Crippen LogP contribution is 2.40. The maximum absolute atomic E-state index is 12.6. The zero-order valence-corrected chi connectivity index (χ0v) is 15.6. The molecule has 0 spiro atoms. The van der Waals surface area contributed by atoms with E-state index < -0.39 is 17.4 Å². The van der Waals surface area contributed by atoms with Gasteiger partial charge in [0.15, 0.2) is 5.37 Å². The Morgan fingerprint density at radius 3 is 2.88 bits per heavy atom. The van der Waals surface area contributed by atoms with E-state index in [0.717, 1.165) is 16.3 Å². The van der Waals surface area contributed by atoms with E-state index in [9.17, 15) is 14.4 Å². The summed E-state index contributed by atoms with van der Waals surface area (Å²) in [6.45, 7) is 3.66. The highest BCUT2D eigenvalue weighted by Gasteiger charge is 2.30. The van der Waals surface area contributed by atoms with Crippen molar-refractivity contribution in [2.24, 2.45) is 0 Å². The van der Waals surface area contributed by atoms with Gasteiger partial charge in [0.25, 0.3) is 11.8 Å². The highest BCUT2D eigenvalue weighted by molar-refractivity contribution is 8.01. The third kappa shape index (κ3) is 3.81.